The SMILES string of the molecule is CC/C=C(\C=C/CN)C(C)C. The summed E-state index contributed by atoms with van der Waals surface area (Å²) in [5.74, 6) is 0.609. The van der Waals surface area contributed by atoms with Crippen LogP contribution in [-0.2, 0) is 0 Å². The van der Waals surface area contributed by atoms with E-state index in [2.05, 4.69) is 32.9 Å². The molecule has 1 heteroatoms. The summed E-state index contributed by atoms with van der Waals surface area (Å²) in [4.78, 5) is 0. The second kappa shape index (κ2) is 6.17. The summed E-state index contributed by atoms with van der Waals surface area (Å²) < 4.78 is 0. The van der Waals surface area contributed by atoms with Gasteiger partial charge in [-0.05, 0) is 17.9 Å². The summed E-state index contributed by atoms with van der Waals surface area (Å²) in [7, 11) is 0. The van der Waals surface area contributed by atoms with Gasteiger partial charge >= 0.3 is 0 Å². The molecule has 0 saturated carbocycles. The number of hydrogen-bond acceptors (Lipinski definition) is 1. The van der Waals surface area contributed by atoms with E-state index in [0.29, 0.717) is 12.5 Å². The predicted molar refractivity (Wildman–Crippen MR) is 51.4 cm³/mol. The van der Waals surface area contributed by atoms with E-state index in [0.717, 1.165) is 6.42 Å². The van der Waals surface area contributed by atoms with Crippen molar-refractivity contribution in [1.29, 1.82) is 0 Å². The highest BCUT2D eigenvalue weighted by molar-refractivity contribution is 5.20. The van der Waals surface area contributed by atoms with Gasteiger partial charge in [-0.25, -0.2) is 0 Å². The quantitative estimate of drug-likeness (QED) is 0.617. The lowest BCUT2D eigenvalue weighted by atomic mass is 10.0. The van der Waals surface area contributed by atoms with E-state index in [1.807, 2.05) is 6.08 Å². The molecular weight excluding hydrogens is 134 g/mol. The summed E-state index contributed by atoms with van der Waals surface area (Å²) in [5, 5.41) is 0. The van der Waals surface area contributed by atoms with Crippen molar-refractivity contribution in [2.75, 3.05) is 6.54 Å². The molecule has 0 atom stereocenters. The van der Waals surface area contributed by atoms with Crippen molar-refractivity contribution in [3.05, 3.63) is 23.8 Å². The molecule has 0 aromatic rings. The molecule has 0 spiro atoms. The number of nitrogens with two attached hydrogens (primary N) is 1. The second-order valence-corrected chi connectivity index (χ2v) is 2.91. The molecule has 0 aromatic carbocycles. The Morgan fingerprint density at radius 1 is 1.45 bits per heavy atom. The summed E-state index contributed by atoms with van der Waals surface area (Å²) in [6, 6.07) is 0. The van der Waals surface area contributed by atoms with Crippen molar-refractivity contribution in [2.24, 2.45) is 11.7 Å². The Hall–Kier alpha value is -0.560. The highest BCUT2D eigenvalue weighted by atomic mass is 14.5. The first-order valence-corrected chi connectivity index (χ1v) is 4.29. The zero-order valence-corrected chi connectivity index (χ0v) is 7.80. The van der Waals surface area contributed by atoms with Crippen molar-refractivity contribution >= 4 is 0 Å². The topological polar surface area (TPSA) is 26.0 Å². The van der Waals surface area contributed by atoms with Gasteiger partial charge in [-0.1, -0.05) is 39.0 Å². The zero-order valence-electron chi connectivity index (χ0n) is 7.80. The van der Waals surface area contributed by atoms with Crippen LogP contribution in [0.15, 0.2) is 23.8 Å². The Balaban J connectivity index is 4.11. The Kier molecular flexibility index (Phi) is 5.86. The minimum absolute atomic E-state index is 0.609. The lowest BCUT2D eigenvalue weighted by Gasteiger charge is -2.04. The fourth-order valence-corrected chi connectivity index (χ4v) is 0.936. The molecule has 1 nitrogen and oxygen atoms in total. The van der Waals surface area contributed by atoms with Crippen LogP contribution in [0.4, 0.5) is 0 Å². The molecule has 0 unspecified atom stereocenters. The summed E-state index contributed by atoms with van der Waals surface area (Å²) in [5.41, 5.74) is 6.75. The van der Waals surface area contributed by atoms with Crippen molar-refractivity contribution in [3.63, 3.8) is 0 Å². The minimum Gasteiger partial charge on any atom is -0.327 e. The second-order valence-electron chi connectivity index (χ2n) is 2.91. The van der Waals surface area contributed by atoms with Crippen LogP contribution in [0.25, 0.3) is 0 Å². The first kappa shape index (κ1) is 10.4. The fraction of sp³-hybridized carbons (Fsp3) is 0.600. The van der Waals surface area contributed by atoms with Gasteiger partial charge in [0, 0.05) is 6.54 Å². The molecule has 0 aliphatic carbocycles. The Morgan fingerprint density at radius 3 is 2.45 bits per heavy atom. The normalized spacial score (nSPS) is 13.4. The molecule has 0 fully saturated rings. The summed E-state index contributed by atoms with van der Waals surface area (Å²) in [6.07, 6.45) is 7.47. The zero-order chi connectivity index (χ0) is 8.69. The molecule has 0 radical (unpaired) electrons. The molecule has 0 saturated heterocycles. The molecule has 0 aliphatic heterocycles. The molecule has 0 bridgehead atoms. The lowest BCUT2D eigenvalue weighted by Crippen LogP contribution is -1.95. The van der Waals surface area contributed by atoms with Crippen LogP contribution >= 0.6 is 0 Å². The van der Waals surface area contributed by atoms with Gasteiger partial charge in [0.1, 0.15) is 0 Å². The maximum absolute atomic E-state index is 5.36. The fourth-order valence-electron chi connectivity index (χ4n) is 0.936. The van der Waals surface area contributed by atoms with Crippen molar-refractivity contribution in [3.8, 4) is 0 Å². The van der Waals surface area contributed by atoms with Gasteiger partial charge in [0.25, 0.3) is 0 Å². The third kappa shape index (κ3) is 4.79. The van der Waals surface area contributed by atoms with E-state index in [9.17, 15) is 0 Å². The molecule has 0 aromatic heterocycles. The van der Waals surface area contributed by atoms with E-state index in [-0.39, 0.29) is 0 Å². The standard InChI is InChI=1S/C10H19N/c1-4-6-10(9(2)3)7-5-8-11/h5-7,9H,4,8,11H2,1-3H3/b7-5-,10-6+. The molecule has 2 N–H and O–H groups in total. The van der Waals surface area contributed by atoms with Gasteiger partial charge in [-0.15, -0.1) is 0 Å². The molecule has 0 heterocycles. The average Bonchev–Trinajstić information content (AvgIpc) is 1.97. The Bertz CT molecular complexity index is 143. The predicted octanol–water partition coefficient (Wildman–Crippen LogP) is 2.49. The lowest BCUT2D eigenvalue weighted by molar-refractivity contribution is 0.784. The Morgan fingerprint density at radius 2 is 2.09 bits per heavy atom. The molecule has 0 aliphatic rings. The van der Waals surface area contributed by atoms with E-state index in [4.69, 9.17) is 5.73 Å². The number of hydrogen-bond donors (Lipinski definition) is 1. The number of rotatable bonds is 4. The van der Waals surface area contributed by atoms with Crippen LogP contribution in [0, 0.1) is 5.92 Å². The van der Waals surface area contributed by atoms with Crippen molar-refractivity contribution < 1.29 is 0 Å². The van der Waals surface area contributed by atoms with Gasteiger partial charge < -0.3 is 5.73 Å². The Labute approximate surface area is 70.0 Å². The summed E-state index contributed by atoms with van der Waals surface area (Å²) in [6.45, 7) is 7.18. The minimum atomic E-state index is 0.609. The van der Waals surface area contributed by atoms with Gasteiger partial charge in [0.05, 0.1) is 0 Å². The van der Waals surface area contributed by atoms with Crippen LogP contribution in [-0.4, -0.2) is 6.54 Å². The van der Waals surface area contributed by atoms with E-state index in [1.165, 1.54) is 5.57 Å². The summed E-state index contributed by atoms with van der Waals surface area (Å²) >= 11 is 0. The molecule has 11 heavy (non-hydrogen) atoms. The first-order valence-electron chi connectivity index (χ1n) is 4.29. The van der Waals surface area contributed by atoms with Gasteiger partial charge in [0.2, 0.25) is 0 Å². The third-order valence-corrected chi connectivity index (χ3v) is 1.55. The van der Waals surface area contributed by atoms with Crippen LogP contribution in [0.3, 0.4) is 0 Å². The number of allylic oxidation sites excluding steroid dienone is 3. The van der Waals surface area contributed by atoms with Crippen molar-refractivity contribution in [1.82, 2.24) is 0 Å². The third-order valence-electron chi connectivity index (χ3n) is 1.55. The van der Waals surface area contributed by atoms with Crippen LogP contribution in [0.5, 0.6) is 0 Å². The van der Waals surface area contributed by atoms with Crippen molar-refractivity contribution in [2.45, 2.75) is 27.2 Å². The van der Waals surface area contributed by atoms with Gasteiger partial charge in [0.15, 0.2) is 0 Å². The van der Waals surface area contributed by atoms with Crippen LogP contribution in [0.2, 0.25) is 0 Å². The molecular formula is C10H19N. The van der Waals surface area contributed by atoms with E-state index < -0.39 is 0 Å². The van der Waals surface area contributed by atoms with E-state index >= 15 is 0 Å². The monoisotopic (exact) mass is 153 g/mol. The van der Waals surface area contributed by atoms with Crippen LogP contribution < -0.4 is 5.73 Å². The molecule has 0 rings (SSSR count). The van der Waals surface area contributed by atoms with Crippen LogP contribution in [0.1, 0.15) is 27.2 Å². The smallest absolute Gasteiger partial charge is 0.0110 e. The molecule has 0 amide bonds. The maximum atomic E-state index is 5.36. The average molecular weight is 153 g/mol. The highest BCUT2D eigenvalue weighted by Gasteiger charge is 1.96. The maximum Gasteiger partial charge on any atom is 0.0110 e. The van der Waals surface area contributed by atoms with E-state index in [1.54, 1.807) is 0 Å². The largest absolute Gasteiger partial charge is 0.327 e. The molecule has 64 valence electrons. The first-order chi connectivity index (χ1) is 5.22. The highest BCUT2D eigenvalue weighted by Crippen LogP contribution is 2.11. The van der Waals surface area contributed by atoms with Gasteiger partial charge in [-0.2, -0.15) is 0 Å². The van der Waals surface area contributed by atoms with Gasteiger partial charge in [-0.3, -0.25) is 0 Å².